The Bertz CT molecular complexity index is 505. The van der Waals surface area contributed by atoms with E-state index in [1.165, 1.54) is 23.3 Å². The van der Waals surface area contributed by atoms with E-state index in [9.17, 15) is 0 Å². The van der Waals surface area contributed by atoms with Crippen molar-refractivity contribution < 1.29 is 5.11 Å². The largest absolute Gasteiger partial charge is 0.396 e. The molecule has 0 saturated heterocycles. The summed E-state index contributed by atoms with van der Waals surface area (Å²) in [6.07, 6.45) is 11.8. The Morgan fingerprint density at radius 2 is 1.65 bits per heavy atom. The van der Waals surface area contributed by atoms with Gasteiger partial charge >= 0.3 is 0 Å². The Morgan fingerprint density at radius 1 is 0.900 bits per heavy atom. The normalized spacial score (nSPS) is 10.7. The molecule has 2 heterocycles. The zero-order valence-corrected chi connectivity index (χ0v) is 12.4. The van der Waals surface area contributed by atoms with Crippen molar-refractivity contribution in [2.45, 2.75) is 30.6 Å². The Kier molecular flexibility index (Phi) is 6.54. The summed E-state index contributed by atoms with van der Waals surface area (Å²) >= 11 is 1.88. The van der Waals surface area contributed by atoms with Crippen LogP contribution in [0.25, 0.3) is 11.1 Å². The van der Waals surface area contributed by atoms with Crippen LogP contribution in [0.3, 0.4) is 0 Å². The van der Waals surface area contributed by atoms with Crippen LogP contribution in [0.4, 0.5) is 0 Å². The molecule has 2 rings (SSSR count). The summed E-state index contributed by atoms with van der Waals surface area (Å²) in [5, 5.41) is 8.75. The van der Waals surface area contributed by atoms with Gasteiger partial charge in [-0.15, -0.1) is 11.8 Å². The summed E-state index contributed by atoms with van der Waals surface area (Å²) in [5.41, 5.74) is 2.34. The molecule has 1 N–H and O–H groups in total. The van der Waals surface area contributed by atoms with Crippen molar-refractivity contribution in [3.63, 3.8) is 0 Å². The number of aliphatic hydroxyl groups is 1. The maximum atomic E-state index is 8.75. The highest BCUT2D eigenvalue weighted by Crippen LogP contribution is 2.30. The molecule has 4 heteroatoms. The fraction of sp³-hybridized carbons (Fsp3) is 0.375. The summed E-state index contributed by atoms with van der Waals surface area (Å²) in [6, 6.07) is 6.11. The number of hydrogen-bond donors (Lipinski definition) is 1. The molecule has 0 fully saturated rings. The minimum atomic E-state index is 0.309. The van der Waals surface area contributed by atoms with Crippen LogP contribution in [-0.2, 0) is 0 Å². The zero-order chi connectivity index (χ0) is 14.0. The van der Waals surface area contributed by atoms with Gasteiger partial charge in [-0.25, -0.2) is 0 Å². The van der Waals surface area contributed by atoms with Gasteiger partial charge in [0.05, 0.1) is 0 Å². The predicted molar refractivity (Wildman–Crippen MR) is 83.7 cm³/mol. The molecular formula is C16H20N2OS. The van der Waals surface area contributed by atoms with Gasteiger partial charge in [0.25, 0.3) is 0 Å². The highest BCUT2D eigenvalue weighted by Gasteiger charge is 2.05. The number of thioether (sulfide) groups is 1. The predicted octanol–water partition coefficient (Wildman–Crippen LogP) is 3.79. The molecule has 0 bridgehead atoms. The molecule has 0 amide bonds. The van der Waals surface area contributed by atoms with Gasteiger partial charge in [-0.05, 0) is 42.4 Å². The second kappa shape index (κ2) is 8.72. The Labute approximate surface area is 124 Å². The van der Waals surface area contributed by atoms with Gasteiger partial charge in [-0.3, -0.25) is 9.97 Å². The van der Waals surface area contributed by atoms with Gasteiger partial charge in [-0.1, -0.05) is 12.8 Å². The van der Waals surface area contributed by atoms with Gasteiger partial charge < -0.3 is 5.11 Å². The number of aliphatic hydroxyl groups excluding tert-OH is 1. The molecule has 0 atom stereocenters. The number of unbranched alkanes of at least 4 members (excludes halogenated alkanes) is 3. The van der Waals surface area contributed by atoms with Gasteiger partial charge in [-0.2, -0.15) is 0 Å². The fourth-order valence-corrected chi connectivity index (χ4v) is 3.06. The van der Waals surface area contributed by atoms with Crippen LogP contribution >= 0.6 is 11.8 Å². The number of rotatable bonds is 8. The molecule has 0 aliphatic carbocycles. The zero-order valence-electron chi connectivity index (χ0n) is 11.5. The van der Waals surface area contributed by atoms with Crippen LogP contribution in [-0.4, -0.2) is 27.4 Å². The van der Waals surface area contributed by atoms with E-state index in [0.717, 1.165) is 24.2 Å². The smallest absolute Gasteiger partial charge is 0.0431 e. The molecule has 0 aliphatic heterocycles. The van der Waals surface area contributed by atoms with Gasteiger partial charge in [0.1, 0.15) is 0 Å². The summed E-state index contributed by atoms with van der Waals surface area (Å²) in [6.45, 7) is 0.309. The number of nitrogens with zero attached hydrogens (tertiary/aromatic N) is 2. The first kappa shape index (κ1) is 15.0. The van der Waals surface area contributed by atoms with Crippen molar-refractivity contribution in [1.82, 2.24) is 9.97 Å². The highest BCUT2D eigenvalue weighted by atomic mass is 32.2. The molecule has 0 aliphatic rings. The van der Waals surface area contributed by atoms with Crippen molar-refractivity contribution in [2.24, 2.45) is 0 Å². The summed E-state index contributed by atoms with van der Waals surface area (Å²) in [4.78, 5) is 9.56. The Morgan fingerprint density at radius 3 is 2.45 bits per heavy atom. The quantitative estimate of drug-likeness (QED) is 0.593. The van der Waals surface area contributed by atoms with Gasteiger partial charge in [0.15, 0.2) is 0 Å². The summed E-state index contributed by atoms with van der Waals surface area (Å²) in [5.74, 6) is 1.10. The average Bonchev–Trinajstić information content (AvgIpc) is 2.52. The van der Waals surface area contributed by atoms with E-state index in [4.69, 9.17) is 5.11 Å². The van der Waals surface area contributed by atoms with Crippen LogP contribution in [0.15, 0.2) is 47.9 Å². The topological polar surface area (TPSA) is 46.0 Å². The molecule has 0 spiro atoms. The fourth-order valence-electron chi connectivity index (χ4n) is 2.01. The first-order valence-corrected chi connectivity index (χ1v) is 7.98. The van der Waals surface area contributed by atoms with Crippen molar-refractivity contribution in [1.29, 1.82) is 0 Å². The molecule has 2 aromatic heterocycles. The SMILES string of the molecule is OCCCCCCSc1ccncc1-c1ccncc1. The minimum absolute atomic E-state index is 0.309. The monoisotopic (exact) mass is 288 g/mol. The van der Waals surface area contributed by atoms with E-state index in [1.807, 2.05) is 48.7 Å². The van der Waals surface area contributed by atoms with Gasteiger partial charge in [0, 0.05) is 41.9 Å². The van der Waals surface area contributed by atoms with Crippen molar-refractivity contribution in [2.75, 3.05) is 12.4 Å². The lowest BCUT2D eigenvalue weighted by Gasteiger charge is -2.08. The van der Waals surface area contributed by atoms with Crippen molar-refractivity contribution in [3.8, 4) is 11.1 Å². The maximum absolute atomic E-state index is 8.75. The van der Waals surface area contributed by atoms with E-state index in [2.05, 4.69) is 16.0 Å². The van der Waals surface area contributed by atoms with E-state index in [1.54, 1.807) is 0 Å². The van der Waals surface area contributed by atoms with Crippen molar-refractivity contribution in [3.05, 3.63) is 43.0 Å². The van der Waals surface area contributed by atoms with Crippen molar-refractivity contribution >= 4 is 11.8 Å². The standard InChI is InChI=1S/C16H20N2OS/c19-11-3-1-2-4-12-20-16-7-10-18-13-15(16)14-5-8-17-9-6-14/h5-10,13,19H,1-4,11-12H2. The first-order valence-electron chi connectivity index (χ1n) is 7.00. The lowest BCUT2D eigenvalue weighted by Crippen LogP contribution is -1.88. The number of aromatic nitrogens is 2. The highest BCUT2D eigenvalue weighted by molar-refractivity contribution is 7.99. The molecule has 3 nitrogen and oxygen atoms in total. The molecule has 106 valence electrons. The second-order valence-corrected chi connectivity index (χ2v) is 5.73. The lowest BCUT2D eigenvalue weighted by molar-refractivity contribution is 0.283. The molecule has 20 heavy (non-hydrogen) atoms. The summed E-state index contributed by atoms with van der Waals surface area (Å²) < 4.78 is 0. The van der Waals surface area contributed by atoms with E-state index in [-0.39, 0.29) is 0 Å². The second-order valence-electron chi connectivity index (χ2n) is 4.59. The molecular weight excluding hydrogens is 268 g/mol. The molecule has 0 unspecified atom stereocenters. The molecule has 0 radical (unpaired) electrons. The Hall–Kier alpha value is -1.39. The average molecular weight is 288 g/mol. The lowest BCUT2D eigenvalue weighted by atomic mass is 10.1. The Balaban J connectivity index is 1.92. The third-order valence-electron chi connectivity index (χ3n) is 3.08. The van der Waals surface area contributed by atoms with Crippen LogP contribution in [0.2, 0.25) is 0 Å². The van der Waals surface area contributed by atoms with E-state index < -0.39 is 0 Å². The maximum Gasteiger partial charge on any atom is 0.0431 e. The van der Waals surface area contributed by atoms with E-state index >= 15 is 0 Å². The summed E-state index contributed by atoms with van der Waals surface area (Å²) in [7, 11) is 0. The molecule has 0 saturated carbocycles. The third kappa shape index (κ3) is 4.62. The van der Waals surface area contributed by atoms with Crippen LogP contribution in [0.1, 0.15) is 25.7 Å². The third-order valence-corrected chi connectivity index (χ3v) is 4.24. The molecule has 0 aromatic carbocycles. The molecule has 2 aromatic rings. The number of hydrogen-bond acceptors (Lipinski definition) is 4. The number of pyridine rings is 2. The first-order chi connectivity index (χ1) is 9.92. The van der Waals surface area contributed by atoms with Crippen LogP contribution < -0.4 is 0 Å². The van der Waals surface area contributed by atoms with Gasteiger partial charge in [0.2, 0.25) is 0 Å². The van der Waals surface area contributed by atoms with Crippen LogP contribution in [0, 0.1) is 0 Å². The van der Waals surface area contributed by atoms with E-state index in [0.29, 0.717) is 6.61 Å². The van der Waals surface area contributed by atoms with Crippen LogP contribution in [0.5, 0.6) is 0 Å². The minimum Gasteiger partial charge on any atom is -0.396 e.